The molecule has 1 fully saturated rings. The number of carbonyl (C=O) groups excluding carboxylic acids is 2. The monoisotopic (exact) mass is 291 g/mol. The van der Waals surface area contributed by atoms with Gasteiger partial charge in [-0.1, -0.05) is 0 Å². The van der Waals surface area contributed by atoms with Crippen LogP contribution in [-0.4, -0.2) is 54.4 Å². The van der Waals surface area contributed by atoms with Crippen LogP contribution in [0.1, 0.15) is 23.3 Å². The Morgan fingerprint density at radius 2 is 2.10 bits per heavy atom. The van der Waals surface area contributed by atoms with Crippen LogP contribution in [0.25, 0.3) is 0 Å². The van der Waals surface area contributed by atoms with Gasteiger partial charge in [0.25, 0.3) is 5.91 Å². The summed E-state index contributed by atoms with van der Waals surface area (Å²) in [5.74, 6) is -0.164. The molecule has 0 bridgehead atoms. The first-order valence-corrected chi connectivity index (χ1v) is 7.04. The number of hydrogen-bond donors (Lipinski definition) is 3. The average Bonchev–Trinajstić information content (AvgIpc) is 2.49. The fourth-order valence-corrected chi connectivity index (χ4v) is 2.32. The Bertz CT molecular complexity index is 495. The molecule has 0 unspecified atom stereocenters. The summed E-state index contributed by atoms with van der Waals surface area (Å²) in [6.45, 7) is 2.01. The smallest absolute Gasteiger partial charge is 0.270 e. The van der Waals surface area contributed by atoms with Gasteiger partial charge in [-0.2, -0.15) is 0 Å². The molecule has 2 amide bonds. The molecule has 0 atom stereocenters. The quantitative estimate of drug-likeness (QED) is 0.701. The molecule has 1 aliphatic heterocycles. The van der Waals surface area contributed by atoms with E-state index in [9.17, 15) is 9.59 Å². The number of likely N-dealkylation sites (tertiary alicyclic amines) is 1. The number of nitrogens with zero attached hydrogens (tertiary/aromatic N) is 2. The Labute approximate surface area is 123 Å². The minimum Gasteiger partial charge on any atom is -0.397 e. The fourth-order valence-electron chi connectivity index (χ4n) is 2.32. The van der Waals surface area contributed by atoms with Gasteiger partial charge in [-0.15, -0.1) is 0 Å². The second-order valence-electron chi connectivity index (χ2n) is 5.17. The van der Waals surface area contributed by atoms with E-state index in [0.29, 0.717) is 17.9 Å². The summed E-state index contributed by atoms with van der Waals surface area (Å²) in [6.07, 6.45) is 3.14. The Morgan fingerprint density at radius 1 is 1.38 bits per heavy atom. The highest BCUT2D eigenvalue weighted by atomic mass is 16.2. The highest BCUT2D eigenvalue weighted by molar-refractivity contribution is 5.92. The van der Waals surface area contributed by atoms with Gasteiger partial charge in [-0.3, -0.25) is 14.5 Å². The molecular formula is C14H21N5O2. The highest BCUT2D eigenvalue weighted by Crippen LogP contribution is 2.11. The topological polar surface area (TPSA) is 100 Å². The van der Waals surface area contributed by atoms with E-state index in [0.717, 1.165) is 25.9 Å². The number of anilines is 1. The minimum absolute atomic E-state index is 0.0172. The van der Waals surface area contributed by atoms with Crippen LogP contribution in [0.3, 0.4) is 0 Å². The number of hydrogen-bond acceptors (Lipinski definition) is 5. The van der Waals surface area contributed by atoms with Crippen molar-refractivity contribution in [3.63, 3.8) is 0 Å². The first kappa shape index (κ1) is 15.2. The number of pyridine rings is 1. The number of aromatic nitrogens is 1. The number of nitrogen functional groups attached to an aromatic ring is 1. The summed E-state index contributed by atoms with van der Waals surface area (Å²) in [6, 6.07) is 3.40. The molecule has 1 aromatic rings. The molecular weight excluding hydrogens is 270 g/mol. The van der Waals surface area contributed by atoms with E-state index in [1.54, 1.807) is 19.2 Å². The number of amides is 2. The largest absolute Gasteiger partial charge is 0.397 e. The molecule has 1 aromatic heterocycles. The van der Waals surface area contributed by atoms with Gasteiger partial charge in [0, 0.05) is 26.2 Å². The molecule has 0 aliphatic carbocycles. The third kappa shape index (κ3) is 4.42. The molecule has 0 aromatic carbocycles. The summed E-state index contributed by atoms with van der Waals surface area (Å²) in [4.78, 5) is 29.4. The normalized spacial score (nSPS) is 16.4. The lowest BCUT2D eigenvalue weighted by Gasteiger charge is -2.31. The molecule has 114 valence electrons. The van der Waals surface area contributed by atoms with Gasteiger partial charge >= 0.3 is 0 Å². The second-order valence-corrected chi connectivity index (χ2v) is 5.17. The van der Waals surface area contributed by atoms with E-state index in [4.69, 9.17) is 5.73 Å². The van der Waals surface area contributed by atoms with Crippen LogP contribution in [0.2, 0.25) is 0 Å². The van der Waals surface area contributed by atoms with Crippen LogP contribution < -0.4 is 16.4 Å². The van der Waals surface area contributed by atoms with E-state index in [1.807, 2.05) is 0 Å². The van der Waals surface area contributed by atoms with Crippen LogP contribution in [0.15, 0.2) is 18.3 Å². The van der Waals surface area contributed by atoms with Crippen LogP contribution in [0.5, 0.6) is 0 Å². The van der Waals surface area contributed by atoms with Crippen molar-refractivity contribution in [2.45, 2.75) is 18.9 Å². The predicted molar refractivity (Wildman–Crippen MR) is 79.6 cm³/mol. The SMILES string of the molecule is CNC(=O)CN1CCC(NC(=O)c2ccc(N)cn2)CC1. The summed E-state index contributed by atoms with van der Waals surface area (Å²) in [7, 11) is 1.63. The summed E-state index contributed by atoms with van der Waals surface area (Å²) in [5.41, 5.74) is 6.45. The Balaban J connectivity index is 1.79. The molecule has 0 spiro atoms. The Morgan fingerprint density at radius 3 is 2.67 bits per heavy atom. The van der Waals surface area contributed by atoms with Crippen molar-refractivity contribution in [1.29, 1.82) is 0 Å². The zero-order chi connectivity index (χ0) is 15.2. The lowest BCUT2D eigenvalue weighted by Crippen LogP contribution is -2.47. The van der Waals surface area contributed by atoms with Gasteiger partial charge < -0.3 is 16.4 Å². The number of rotatable bonds is 4. The van der Waals surface area contributed by atoms with Crippen LogP contribution in [0, 0.1) is 0 Å². The molecule has 21 heavy (non-hydrogen) atoms. The molecule has 2 rings (SSSR count). The Hall–Kier alpha value is -2.15. The molecule has 0 radical (unpaired) electrons. The van der Waals surface area contributed by atoms with Crippen molar-refractivity contribution < 1.29 is 9.59 Å². The van der Waals surface area contributed by atoms with Crippen molar-refractivity contribution in [3.05, 3.63) is 24.0 Å². The zero-order valence-corrected chi connectivity index (χ0v) is 12.1. The van der Waals surface area contributed by atoms with Gasteiger partial charge in [-0.05, 0) is 25.0 Å². The van der Waals surface area contributed by atoms with Gasteiger partial charge in [0.1, 0.15) is 5.69 Å². The Kier molecular flexibility index (Phi) is 5.10. The maximum absolute atomic E-state index is 12.0. The minimum atomic E-state index is -0.181. The number of nitrogens with one attached hydrogen (secondary N) is 2. The number of piperidine rings is 1. The van der Waals surface area contributed by atoms with Gasteiger partial charge in [-0.25, -0.2) is 4.98 Å². The van der Waals surface area contributed by atoms with Crippen LogP contribution >= 0.6 is 0 Å². The fraction of sp³-hybridized carbons (Fsp3) is 0.500. The van der Waals surface area contributed by atoms with Gasteiger partial charge in [0.2, 0.25) is 5.91 Å². The first-order valence-electron chi connectivity index (χ1n) is 7.04. The molecule has 7 heteroatoms. The van der Waals surface area contributed by atoms with Crippen LogP contribution in [0.4, 0.5) is 5.69 Å². The van der Waals surface area contributed by atoms with E-state index >= 15 is 0 Å². The maximum Gasteiger partial charge on any atom is 0.270 e. The molecule has 7 nitrogen and oxygen atoms in total. The van der Waals surface area contributed by atoms with Crippen molar-refractivity contribution >= 4 is 17.5 Å². The van der Waals surface area contributed by atoms with Gasteiger partial charge in [0.05, 0.1) is 18.4 Å². The molecule has 4 N–H and O–H groups in total. The average molecular weight is 291 g/mol. The van der Waals surface area contributed by atoms with E-state index in [2.05, 4.69) is 20.5 Å². The molecule has 0 saturated carbocycles. The third-order valence-electron chi connectivity index (χ3n) is 3.59. The zero-order valence-electron chi connectivity index (χ0n) is 12.1. The van der Waals surface area contributed by atoms with Crippen molar-refractivity contribution in [2.75, 3.05) is 32.4 Å². The molecule has 1 aliphatic rings. The van der Waals surface area contributed by atoms with Crippen LogP contribution in [-0.2, 0) is 4.79 Å². The lowest BCUT2D eigenvalue weighted by atomic mass is 10.0. The van der Waals surface area contributed by atoms with E-state index in [1.165, 1.54) is 6.20 Å². The van der Waals surface area contributed by atoms with Crippen molar-refractivity contribution in [3.8, 4) is 0 Å². The van der Waals surface area contributed by atoms with E-state index in [-0.39, 0.29) is 17.9 Å². The predicted octanol–water partition coefficient (Wildman–Crippen LogP) is -0.396. The summed E-state index contributed by atoms with van der Waals surface area (Å²) in [5, 5.41) is 5.59. The number of nitrogens with two attached hydrogens (primary N) is 1. The van der Waals surface area contributed by atoms with Crippen molar-refractivity contribution in [1.82, 2.24) is 20.5 Å². The highest BCUT2D eigenvalue weighted by Gasteiger charge is 2.22. The number of likely N-dealkylation sites (N-methyl/N-ethyl adjacent to an activating group) is 1. The van der Waals surface area contributed by atoms with Crippen molar-refractivity contribution in [2.24, 2.45) is 0 Å². The first-order chi connectivity index (χ1) is 10.1. The third-order valence-corrected chi connectivity index (χ3v) is 3.59. The lowest BCUT2D eigenvalue weighted by molar-refractivity contribution is -0.122. The number of carbonyl (C=O) groups is 2. The molecule has 2 heterocycles. The summed E-state index contributed by atoms with van der Waals surface area (Å²) >= 11 is 0. The summed E-state index contributed by atoms with van der Waals surface area (Å²) < 4.78 is 0. The van der Waals surface area contributed by atoms with Gasteiger partial charge in [0.15, 0.2) is 0 Å². The molecule has 1 saturated heterocycles. The maximum atomic E-state index is 12.0. The second kappa shape index (κ2) is 7.03. The van der Waals surface area contributed by atoms with E-state index < -0.39 is 0 Å². The standard InChI is InChI=1S/C14H21N5O2/c1-16-13(20)9-19-6-4-11(5-7-19)18-14(21)12-3-2-10(15)8-17-12/h2-3,8,11H,4-7,9,15H2,1H3,(H,16,20)(H,18,21).